The van der Waals surface area contributed by atoms with Crippen LogP contribution < -0.4 is 9.47 Å². The third kappa shape index (κ3) is 4.92. The first-order valence-corrected chi connectivity index (χ1v) is 7.06. The van der Waals surface area contributed by atoms with E-state index >= 15 is 0 Å². The lowest BCUT2D eigenvalue weighted by molar-refractivity contribution is 0.00514. The molecule has 0 heterocycles. The maximum absolute atomic E-state index is 5.94. The van der Waals surface area contributed by atoms with Crippen molar-refractivity contribution < 1.29 is 14.2 Å². The Hall–Kier alpha value is -0.930. The van der Waals surface area contributed by atoms with Gasteiger partial charge in [0.05, 0.1) is 24.7 Å². The molecule has 0 aliphatic carbocycles. The molecule has 0 saturated carbocycles. The minimum absolute atomic E-state index is 0.193. The first kappa shape index (κ1) is 16.1. The van der Waals surface area contributed by atoms with Crippen LogP contribution in [0.4, 0.5) is 0 Å². The number of rotatable bonds is 8. The predicted molar refractivity (Wildman–Crippen MR) is 78.4 cm³/mol. The predicted octanol–water partition coefficient (Wildman–Crippen LogP) is 4.02. The van der Waals surface area contributed by atoms with Crippen LogP contribution in [0.15, 0.2) is 18.2 Å². The molecule has 0 amide bonds. The van der Waals surface area contributed by atoms with Crippen LogP contribution in [0.2, 0.25) is 0 Å². The molecule has 1 aromatic rings. The molecule has 0 radical (unpaired) electrons. The van der Waals surface area contributed by atoms with Gasteiger partial charge in [0.25, 0.3) is 0 Å². The molecule has 0 atom stereocenters. The highest BCUT2D eigenvalue weighted by Crippen LogP contribution is 2.32. The van der Waals surface area contributed by atoms with E-state index in [9.17, 15) is 0 Å². The lowest BCUT2D eigenvalue weighted by Gasteiger charge is -2.23. The first-order chi connectivity index (χ1) is 9.04. The van der Waals surface area contributed by atoms with Crippen molar-refractivity contribution in [3.63, 3.8) is 0 Å². The van der Waals surface area contributed by atoms with E-state index in [-0.39, 0.29) is 5.60 Å². The van der Waals surface area contributed by atoms with Gasteiger partial charge in [-0.3, -0.25) is 0 Å². The van der Waals surface area contributed by atoms with E-state index in [1.165, 1.54) is 0 Å². The van der Waals surface area contributed by atoms with Crippen LogP contribution in [-0.4, -0.2) is 25.9 Å². The minimum Gasteiger partial charge on any atom is -0.490 e. The number of alkyl halides is 1. The summed E-state index contributed by atoms with van der Waals surface area (Å²) in [6.45, 7) is 7.19. The van der Waals surface area contributed by atoms with E-state index in [2.05, 4.69) is 0 Å². The normalized spacial score (nSPS) is 11.4. The highest BCUT2D eigenvalue weighted by molar-refractivity contribution is 6.17. The van der Waals surface area contributed by atoms with Crippen LogP contribution in [0.3, 0.4) is 0 Å². The topological polar surface area (TPSA) is 27.7 Å². The van der Waals surface area contributed by atoms with Gasteiger partial charge in [0.15, 0.2) is 11.5 Å². The highest BCUT2D eigenvalue weighted by atomic mass is 35.5. The van der Waals surface area contributed by atoms with Gasteiger partial charge in [-0.15, -0.1) is 11.6 Å². The molecule has 0 N–H and O–H groups in total. The molecule has 0 aliphatic heterocycles. The molecular formula is C15H23ClO3. The van der Waals surface area contributed by atoms with Crippen molar-refractivity contribution in [1.82, 2.24) is 0 Å². The van der Waals surface area contributed by atoms with E-state index in [1.807, 2.05) is 39.0 Å². The highest BCUT2D eigenvalue weighted by Gasteiger charge is 2.17. The Labute approximate surface area is 120 Å². The molecule has 0 unspecified atom stereocenters. The van der Waals surface area contributed by atoms with E-state index in [0.29, 0.717) is 19.1 Å². The first-order valence-electron chi connectivity index (χ1n) is 6.52. The summed E-state index contributed by atoms with van der Waals surface area (Å²) in [5, 5.41) is 0. The largest absolute Gasteiger partial charge is 0.490 e. The fourth-order valence-electron chi connectivity index (χ4n) is 1.60. The van der Waals surface area contributed by atoms with Crippen molar-refractivity contribution in [3.05, 3.63) is 23.8 Å². The molecule has 108 valence electrons. The molecular weight excluding hydrogens is 264 g/mol. The Kier molecular flexibility index (Phi) is 6.46. The summed E-state index contributed by atoms with van der Waals surface area (Å²) in [7, 11) is 1.71. The number of ether oxygens (including phenoxy) is 3. The zero-order valence-corrected chi connectivity index (χ0v) is 12.9. The van der Waals surface area contributed by atoms with Gasteiger partial charge in [-0.2, -0.15) is 0 Å². The van der Waals surface area contributed by atoms with Gasteiger partial charge >= 0.3 is 0 Å². The molecule has 1 aromatic carbocycles. The molecule has 0 saturated heterocycles. The second kappa shape index (κ2) is 7.61. The summed E-state index contributed by atoms with van der Waals surface area (Å²) < 4.78 is 16.8. The van der Waals surface area contributed by atoms with Crippen molar-refractivity contribution >= 4 is 11.6 Å². The Morgan fingerprint density at radius 2 is 1.95 bits per heavy atom. The fourth-order valence-corrected chi connectivity index (χ4v) is 1.81. The molecule has 4 heteroatoms. The standard InChI is InChI=1S/C15H23ClO3/c1-5-18-13-8-6-7-12(11-16)14(13)19-10-9-15(2,3)17-4/h6-8H,5,9-11H2,1-4H3. The van der Waals surface area contributed by atoms with Crippen molar-refractivity contribution in [2.24, 2.45) is 0 Å². The third-order valence-corrected chi connectivity index (χ3v) is 3.30. The number of para-hydroxylation sites is 1. The molecule has 0 aliphatic rings. The Balaban J connectivity index is 2.75. The zero-order chi connectivity index (χ0) is 14.3. The van der Waals surface area contributed by atoms with Gasteiger partial charge in [-0.25, -0.2) is 0 Å². The molecule has 0 bridgehead atoms. The lowest BCUT2D eigenvalue weighted by atomic mass is 10.1. The van der Waals surface area contributed by atoms with Crippen molar-refractivity contribution in [1.29, 1.82) is 0 Å². The quantitative estimate of drug-likeness (QED) is 0.676. The van der Waals surface area contributed by atoms with E-state index < -0.39 is 0 Å². The molecule has 19 heavy (non-hydrogen) atoms. The Morgan fingerprint density at radius 3 is 2.53 bits per heavy atom. The van der Waals surface area contributed by atoms with Crippen LogP contribution in [0, 0.1) is 0 Å². The van der Waals surface area contributed by atoms with Gasteiger partial charge in [-0.1, -0.05) is 12.1 Å². The van der Waals surface area contributed by atoms with Gasteiger partial charge in [0.2, 0.25) is 0 Å². The summed E-state index contributed by atoms with van der Waals surface area (Å²) in [6, 6.07) is 5.78. The monoisotopic (exact) mass is 286 g/mol. The second-order valence-corrected chi connectivity index (χ2v) is 5.14. The van der Waals surface area contributed by atoms with Crippen LogP contribution in [0.1, 0.15) is 32.8 Å². The summed E-state index contributed by atoms with van der Waals surface area (Å²) in [5.74, 6) is 1.89. The lowest BCUT2D eigenvalue weighted by Crippen LogP contribution is -2.25. The van der Waals surface area contributed by atoms with E-state index in [1.54, 1.807) is 7.11 Å². The number of methoxy groups -OCH3 is 1. The van der Waals surface area contributed by atoms with Gasteiger partial charge in [-0.05, 0) is 26.8 Å². The third-order valence-electron chi connectivity index (χ3n) is 3.01. The van der Waals surface area contributed by atoms with Gasteiger partial charge in [0.1, 0.15) is 0 Å². The van der Waals surface area contributed by atoms with Crippen molar-refractivity contribution in [3.8, 4) is 11.5 Å². The molecule has 0 spiro atoms. The van der Waals surface area contributed by atoms with Crippen molar-refractivity contribution in [2.75, 3.05) is 20.3 Å². The van der Waals surface area contributed by atoms with Crippen LogP contribution in [0.25, 0.3) is 0 Å². The van der Waals surface area contributed by atoms with Crippen LogP contribution in [0.5, 0.6) is 11.5 Å². The Morgan fingerprint density at radius 1 is 1.21 bits per heavy atom. The Bertz CT molecular complexity index is 391. The summed E-state index contributed by atoms with van der Waals surface area (Å²) in [6.07, 6.45) is 0.797. The minimum atomic E-state index is -0.193. The van der Waals surface area contributed by atoms with Crippen LogP contribution >= 0.6 is 11.6 Å². The molecule has 0 aromatic heterocycles. The fraction of sp³-hybridized carbons (Fsp3) is 0.600. The average molecular weight is 287 g/mol. The summed E-state index contributed by atoms with van der Waals surface area (Å²) in [5.41, 5.74) is 0.754. The van der Waals surface area contributed by atoms with Crippen LogP contribution in [-0.2, 0) is 10.6 Å². The summed E-state index contributed by atoms with van der Waals surface area (Å²) >= 11 is 5.94. The summed E-state index contributed by atoms with van der Waals surface area (Å²) in [4.78, 5) is 0. The number of hydrogen-bond acceptors (Lipinski definition) is 3. The van der Waals surface area contributed by atoms with E-state index in [4.69, 9.17) is 25.8 Å². The number of halogens is 1. The maximum Gasteiger partial charge on any atom is 0.165 e. The van der Waals surface area contributed by atoms with Gasteiger partial charge < -0.3 is 14.2 Å². The molecule has 0 fully saturated rings. The molecule has 3 nitrogen and oxygen atoms in total. The number of benzene rings is 1. The van der Waals surface area contributed by atoms with E-state index in [0.717, 1.165) is 23.5 Å². The second-order valence-electron chi connectivity index (χ2n) is 4.87. The van der Waals surface area contributed by atoms with Gasteiger partial charge in [0, 0.05) is 19.1 Å². The SMILES string of the molecule is CCOc1cccc(CCl)c1OCCC(C)(C)OC. The average Bonchev–Trinajstić information content (AvgIpc) is 2.40. The zero-order valence-electron chi connectivity index (χ0n) is 12.2. The number of hydrogen-bond donors (Lipinski definition) is 0. The smallest absolute Gasteiger partial charge is 0.165 e. The van der Waals surface area contributed by atoms with Crippen molar-refractivity contribution in [2.45, 2.75) is 38.7 Å². The molecule has 1 rings (SSSR count). The maximum atomic E-state index is 5.94.